The number of fused-ring (bicyclic) bond motifs is 2. The van der Waals surface area contributed by atoms with Gasteiger partial charge in [-0.25, -0.2) is 4.98 Å². The van der Waals surface area contributed by atoms with Gasteiger partial charge in [-0.1, -0.05) is 18.2 Å². The number of H-pyrrole nitrogens is 1. The summed E-state index contributed by atoms with van der Waals surface area (Å²) in [6.45, 7) is 2.49. The van der Waals surface area contributed by atoms with Crippen molar-refractivity contribution < 1.29 is 4.79 Å². The summed E-state index contributed by atoms with van der Waals surface area (Å²) in [6, 6.07) is 10.1. The molecular weight excluding hydrogens is 300 g/mol. The zero-order valence-electron chi connectivity index (χ0n) is 13.6. The molecule has 120 valence electrons. The third-order valence-corrected chi connectivity index (χ3v) is 4.42. The van der Waals surface area contributed by atoms with Crippen LogP contribution >= 0.6 is 0 Å². The van der Waals surface area contributed by atoms with Crippen LogP contribution in [0.1, 0.15) is 21.5 Å². The van der Waals surface area contributed by atoms with Gasteiger partial charge in [-0.3, -0.25) is 4.79 Å². The summed E-state index contributed by atoms with van der Waals surface area (Å²) in [5, 5.41) is 5.14. The second-order valence-electron chi connectivity index (χ2n) is 6.06. The lowest BCUT2D eigenvalue weighted by Gasteiger charge is -2.05. The summed E-state index contributed by atoms with van der Waals surface area (Å²) in [5.74, 6) is -0.113. The van der Waals surface area contributed by atoms with Crippen LogP contribution in [0.2, 0.25) is 0 Å². The second kappa shape index (κ2) is 5.53. The topological polar surface area (TPSA) is 62.7 Å². The van der Waals surface area contributed by atoms with Gasteiger partial charge in [0.2, 0.25) is 0 Å². The van der Waals surface area contributed by atoms with Crippen LogP contribution in [0.25, 0.3) is 21.9 Å². The van der Waals surface area contributed by atoms with Gasteiger partial charge in [-0.15, -0.1) is 0 Å². The number of pyridine rings is 1. The van der Waals surface area contributed by atoms with Crippen molar-refractivity contribution in [2.24, 2.45) is 7.05 Å². The van der Waals surface area contributed by atoms with E-state index in [4.69, 9.17) is 0 Å². The van der Waals surface area contributed by atoms with E-state index in [1.54, 1.807) is 6.20 Å². The predicted molar refractivity (Wildman–Crippen MR) is 94.9 cm³/mol. The fourth-order valence-electron chi connectivity index (χ4n) is 3.10. The minimum atomic E-state index is -0.113. The van der Waals surface area contributed by atoms with E-state index < -0.39 is 0 Å². The Balaban J connectivity index is 1.58. The normalized spacial score (nSPS) is 11.2. The van der Waals surface area contributed by atoms with Crippen molar-refractivity contribution in [3.8, 4) is 0 Å². The predicted octanol–water partition coefficient (Wildman–Crippen LogP) is 3.29. The maximum atomic E-state index is 12.5. The molecule has 0 saturated carbocycles. The Labute approximate surface area is 139 Å². The van der Waals surface area contributed by atoms with E-state index in [0.717, 1.165) is 33.1 Å². The highest BCUT2D eigenvalue weighted by molar-refractivity contribution is 5.97. The van der Waals surface area contributed by atoms with Crippen molar-refractivity contribution in [2.45, 2.75) is 13.5 Å². The number of aryl methyl sites for hydroxylation is 2. The molecule has 0 unspecified atom stereocenters. The minimum absolute atomic E-state index is 0.113. The Morgan fingerprint density at radius 2 is 2.12 bits per heavy atom. The van der Waals surface area contributed by atoms with Crippen molar-refractivity contribution >= 4 is 27.8 Å². The van der Waals surface area contributed by atoms with Crippen LogP contribution in [-0.4, -0.2) is 20.4 Å². The Hall–Kier alpha value is -3.08. The molecule has 0 saturated heterocycles. The molecule has 0 atom stereocenters. The monoisotopic (exact) mass is 318 g/mol. The molecule has 1 aromatic carbocycles. The van der Waals surface area contributed by atoms with Gasteiger partial charge in [-0.05, 0) is 30.2 Å². The second-order valence-corrected chi connectivity index (χ2v) is 6.06. The molecule has 1 amide bonds. The molecule has 4 aromatic rings. The van der Waals surface area contributed by atoms with E-state index in [9.17, 15) is 4.79 Å². The van der Waals surface area contributed by atoms with Gasteiger partial charge >= 0.3 is 0 Å². The van der Waals surface area contributed by atoms with Crippen LogP contribution in [0.3, 0.4) is 0 Å². The third kappa shape index (κ3) is 2.34. The maximum Gasteiger partial charge on any atom is 0.253 e. The highest BCUT2D eigenvalue weighted by Crippen LogP contribution is 2.20. The number of nitrogens with zero attached hydrogens (tertiary/aromatic N) is 2. The molecule has 0 aliphatic heterocycles. The van der Waals surface area contributed by atoms with E-state index in [0.29, 0.717) is 12.1 Å². The zero-order valence-corrected chi connectivity index (χ0v) is 13.6. The number of nitrogens with one attached hydrogen (secondary N) is 2. The summed E-state index contributed by atoms with van der Waals surface area (Å²) in [6.07, 6.45) is 5.56. The first kappa shape index (κ1) is 14.5. The minimum Gasteiger partial charge on any atom is -0.350 e. The first-order valence-electron chi connectivity index (χ1n) is 7.88. The van der Waals surface area contributed by atoms with Gasteiger partial charge in [0.15, 0.2) is 0 Å². The number of amides is 1. The van der Waals surface area contributed by atoms with Crippen LogP contribution in [-0.2, 0) is 13.6 Å². The van der Waals surface area contributed by atoms with Crippen molar-refractivity contribution in [2.75, 3.05) is 0 Å². The zero-order chi connectivity index (χ0) is 16.7. The number of hydrogen-bond donors (Lipinski definition) is 2. The van der Waals surface area contributed by atoms with E-state index >= 15 is 0 Å². The molecule has 0 radical (unpaired) electrons. The number of para-hydroxylation sites is 1. The SMILES string of the molecule is Cc1c[nH]c2ncc(C(=O)NCc3cn(C)c4ccccc34)cc12. The quantitative estimate of drug-likeness (QED) is 0.609. The Bertz CT molecular complexity index is 1060. The van der Waals surface area contributed by atoms with Gasteiger partial charge in [0, 0.05) is 48.5 Å². The Morgan fingerprint density at radius 3 is 3.00 bits per heavy atom. The molecule has 0 spiro atoms. The number of aromatic nitrogens is 3. The molecule has 5 nitrogen and oxygen atoms in total. The number of hydrogen-bond acceptors (Lipinski definition) is 2. The average molecular weight is 318 g/mol. The third-order valence-electron chi connectivity index (χ3n) is 4.42. The number of carbonyl (C=O) groups is 1. The van der Waals surface area contributed by atoms with Crippen LogP contribution in [0.5, 0.6) is 0 Å². The van der Waals surface area contributed by atoms with Crippen LogP contribution in [0, 0.1) is 6.92 Å². The molecular formula is C19H18N4O. The molecule has 3 heterocycles. The van der Waals surface area contributed by atoms with E-state index in [1.807, 2.05) is 38.4 Å². The molecule has 2 N–H and O–H groups in total. The fourth-order valence-corrected chi connectivity index (χ4v) is 3.10. The Morgan fingerprint density at radius 1 is 1.29 bits per heavy atom. The smallest absolute Gasteiger partial charge is 0.253 e. The van der Waals surface area contributed by atoms with Crippen LogP contribution in [0.4, 0.5) is 0 Å². The molecule has 5 heteroatoms. The summed E-state index contributed by atoms with van der Waals surface area (Å²) in [4.78, 5) is 19.9. The molecule has 0 fully saturated rings. The highest BCUT2D eigenvalue weighted by Gasteiger charge is 2.11. The van der Waals surface area contributed by atoms with Gasteiger partial charge in [0.1, 0.15) is 5.65 Å². The van der Waals surface area contributed by atoms with Gasteiger partial charge < -0.3 is 14.9 Å². The van der Waals surface area contributed by atoms with Crippen molar-refractivity contribution in [3.05, 3.63) is 65.6 Å². The van der Waals surface area contributed by atoms with Crippen LogP contribution in [0.15, 0.2) is 48.9 Å². The summed E-state index contributed by atoms with van der Waals surface area (Å²) < 4.78 is 2.08. The molecule has 4 rings (SSSR count). The summed E-state index contributed by atoms with van der Waals surface area (Å²) in [7, 11) is 2.01. The number of rotatable bonds is 3. The van der Waals surface area contributed by atoms with Gasteiger partial charge in [0.05, 0.1) is 5.56 Å². The first-order valence-corrected chi connectivity index (χ1v) is 7.88. The summed E-state index contributed by atoms with van der Waals surface area (Å²) in [5.41, 5.74) is 4.73. The Kier molecular flexibility index (Phi) is 3.34. The van der Waals surface area contributed by atoms with Crippen molar-refractivity contribution in [3.63, 3.8) is 0 Å². The van der Waals surface area contributed by atoms with Crippen molar-refractivity contribution in [1.82, 2.24) is 19.9 Å². The number of carbonyl (C=O) groups excluding carboxylic acids is 1. The molecule has 0 aliphatic rings. The van der Waals surface area contributed by atoms with E-state index in [2.05, 4.69) is 38.2 Å². The molecule has 3 aromatic heterocycles. The fraction of sp³-hybridized carbons (Fsp3) is 0.158. The lowest BCUT2D eigenvalue weighted by atomic mass is 10.1. The number of aromatic amines is 1. The molecule has 0 aliphatic carbocycles. The van der Waals surface area contributed by atoms with Gasteiger partial charge in [0.25, 0.3) is 5.91 Å². The molecule has 0 bridgehead atoms. The lowest BCUT2D eigenvalue weighted by Crippen LogP contribution is -2.22. The largest absolute Gasteiger partial charge is 0.350 e. The maximum absolute atomic E-state index is 12.5. The van der Waals surface area contributed by atoms with E-state index in [1.165, 1.54) is 0 Å². The lowest BCUT2D eigenvalue weighted by molar-refractivity contribution is 0.0951. The van der Waals surface area contributed by atoms with Crippen LogP contribution < -0.4 is 5.32 Å². The number of benzene rings is 1. The average Bonchev–Trinajstić information content (AvgIpc) is 3.13. The highest BCUT2D eigenvalue weighted by atomic mass is 16.1. The first-order chi connectivity index (χ1) is 11.6. The van der Waals surface area contributed by atoms with Gasteiger partial charge in [-0.2, -0.15) is 0 Å². The molecule has 24 heavy (non-hydrogen) atoms. The summed E-state index contributed by atoms with van der Waals surface area (Å²) >= 11 is 0. The van der Waals surface area contributed by atoms with Crippen molar-refractivity contribution in [1.29, 1.82) is 0 Å². The van der Waals surface area contributed by atoms with E-state index in [-0.39, 0.29) is 5.91 Å². The standard InChI is InChI=1S/C19H18N4O/c1-12-8-20-18-16(12)7-13(9-21-18)19(24)22-10-14-11-23(2)17-6-4-3-5-15(14)17/h3-9,11H,10H2,1-2H3,(H,20,21)(H,22,24).